The summed E-state index contributed by atoms with van der Waals surface area (Å²) in [6.45, 7) is 67.5. The lowest BCUT2D eigenvalue weighted by Gasteiger charge is -2.15. The van der Waals surface area contributed by atoms with Gasteiger partial charge in [0, 0.05) is 42.5 Å². The zero-order valence-electron chi connectivity index (χ0n) is 77.9. The smallest absolute Gasteiger partial charge is 0.171 e. The number of alkyl halides is 12. The van der Waals surface area contributed by atoms with Gasteiger partial charge < -0.3 is 0 Å². The Bertz CT molecular complexity index is 1480. The molecule has 2 aliphatic carbocycles. The molecular weight excluding hydrogens is 1130 g/mol. The summed E-state index contributed by atoms with van der Waals surface area (Å²) in [6, 6.07) is 0. The Morgan fingerprint density at radius 2 is 0.621 bits per heavy atom. The van der Waals surface area contributed by atoms with Crippen LogP contribution >= 0.6 is 0 Å². The number of halogens is 12. The van der Waals surface area contributed by atoms with E-state index in [1.165, 1.54) is 51.4 Å². The minimum absolute atomic E-state index is 0.0556. The molecule has 0 bridgehead atoms. The summed E-state index contributed by atoms with van der Waals surface area (Å²) in [5.41, 5.74) is -0.292. The number of hydrogen-bond acceptors (Lipinski definition) is 0. The highest BCUT2D eigenvalue weighted by Gasteiger charge is 2.32. The summed E-state index contributed by atoms with van der Waals surface area (Å²) in [7, 11) is 0. The molecule has 0 unspecified atom stereocenters. The molecule has 0 nitrogen and oxygen atoms in total. The number of unbranched alkanes of at least 4 members (excludes halogenated alkanes) is 1. The van der Waals surface area contributed by atoms with Gasteiger partial charge in [-0.2, -0.15) is 52.7 Å². The van der Waals surface area contributed by atoms with Crippen molar-refractivity contribution in [3.63, 3.8) is 0 Å². The lowest BCUT2D eigenvalue weighted by atomic mass is 9.91. The van der Waals surface area contributed by atoms with Gasteiger partial charge in [0.05, 0.1) is 0 Å². The molecule has 2 saturated carbocycles. The van der Waals surface area contributed by atoms with E-state index < -0.39 is 80.7 Å². The van der Waals surface area contributed by atoms with Gasteiger partial charge in [0.2, 0.25) is 0 Å². The van der Waals surface area contributed by atoms with Crippen LogP contribution in [0.3, 0.4) is 0 Å². The first-order valence-corrected chi connectivity index (χ1v) is 32.8. The highest BCUT2D eigenvalue weighted by Crippen LogP contribution is 2.28. The Balaban J connectivity index is -0.0000000664. The quantitative estimate of drug-likeness (QED) is 0.223. The van der Waals surface area contributed by atoms with Crippen LogP contribution in [0.5, 0.6) is 0 Å². The molecule has 12 heteroatoms. The van der Waals surface area contributed by atoms with Crippen molar-refractivity contribution in [2.75, 3.05) is 0 Å². The first kappa shape index (κ1) is 86.2. The van der Waals surface area contributed by atoms with Crippen molar-refractivity contribution in [3.05, 3.63) is 0 Å². The maximum Gasteiger partial charge on any atom is 0.391 e. The fourth-order valence-electron chi connectivity index (χ4n) is 3.21. The Morgan fingerprint density at radius 1 is 0.448 bits per heavy atom. The van der Waals surface area contributed by atoms with E-state index in [0.717, 1.165) is 59.3 Å². The van der Waals surface area contributed by atoms with E-state index in [-0.39, 0.29) is 40.9 Å². The fraction of sp³-hybridized carbons (Fsp3) is 1.00. The second-order valence-electron chi connectivity index (χ2n) is 27.4. The van der Waals surface area contributed by atoms with Gasteiger partial charge in [-0.1, -0.05) is 385 Å². The van der Waals surface area contributed by atoms with Crippen molar-refractivity contribution in [2.24, 2.45) is 69.4 Å². The van der Waals surface area contributed by atoms with Crippen LogP contribution in [0.15, 0.2) is 0 Å². The highest BCUT2D eigenvalue weighted by molar-refractivity contribution is 4.62. The normalized spacial score (nSPS) is 17.5. The molecule has 0 aliphatic heterocycles. The van der Waals surface area contributed by atoms with E-state index in [9.17, 15) is 52.7 Å². The van der Waals surface area contributed by atoms with Gasteiger partial charge in [-0.15, -0.1) is 0 Å². The molecule has 0 radical (unpaired) electrons. The van der Waals surface area contributed by atoms with Crippen LogP contribution in [0.2, 0.25) is 0 Å². The molecule has 2 aliphatic rings. The van der Waals surface area contributed by atoms with Crippen molar-refractivity contribution in [2.45, 2.75) is 423 Å². The summed E-state index contributed by atoms with van der Waals surface area (Å²) in [5.74, 6) is -3.39. The molecule has 0 aromatic rings. The molecule has 0 heterocycles. The van der Waals surface area contributed by atoms with Crippen molar-refractivity contribution < 1.29 is 70.5 Å². The van der Waals surface area contributed by atoms with Crippen LogP contribution in [-0.4, -0.2) is 24.7 Å². The predicted octanol–water partition coefficient (Wildman–Crippen LogP) is 33.1. The zero-order valence-corrected chi connectivity index (χ0v) is 64.9. The predicted molar refractivity (Wildman–Crippen MR) is 377 cm³/mol. The minimum Gasteiger partial charge on any atom is -0.171 e. The van der Waals surface area contributed by atoms with Crippen molar-refractivity contribution in [1.29, 1.82) is 0 Å². The molecule has 0 aromatic carbocycles. The van der Waals surface area contributed by atoms with Crippen LogP contribution in [-0.2, 0) is 0 Å². The van der Waals surface area contributed by atoms with Crippen molar-refractivity contribution in [1.82, 2.24) is 0 Å². The van der Waals surface area contributed by atoms with E-state index >= 15 is 0 Å². The Kier molecular flexibility index (Phi) is 76.9. The average molecular weight is 1310 g/mol. The third-order valence-electron chi connectivity index (χ3n) is 9.12. The van der Waals surface area contributed by atoms with Gasteiger partial charge in [0.1, 0.15) is 0 Å². The summed E-state index contributed by atoms with van der Waals surface area (Å²) < 4.78 is 228. The van der Waals surface area contributed by atoms with Crippen LogP contribution in [0.1, 0.15) is 416 Å². The molecule has 0 aromatic heterocycles. The summed E-state index contributed by atoms with van der Waals surface area (Å²) in [6.07, 6.45) is -4.04. The minimum atomic E-state index is -4.40. The van der Waals surface area contributed by atoms with Crippen LogP contribution in [0.4, 0.5) is 52.7 Å². The average Bonchev–Trinajstić information content (AvgIpc) is 1.11. The molecule has 0 spiro atoms. The molecule has 2 fully saturated rings. The highest BCUT2D eigenvalue weighted by atomic mass is 19.4. The summed E-state index contributed by atoms with van der Waals surface area (Å²) in [5, 5.41) is 0. The SMILES string of the molecule is CC.CC(C)(C)C.CC(C)C.CC(C)C(F)(F)F.CCC.CCCC.CC[C@H](C)CC(F)(F)F.CC[C@H](C)CC(F)(F)F.[2H]C(C)(C)C.[2H]C(C)(C)C(F)(F)F.[2H]C([2H])(C)C(C)(C)C.[2H]C([2H])(C)C(C)C.[2H]C([2H])(C)CC.[2H]C([2H])([2H])C(C)(C)C.[2H]C1(C)CCCC1.[2H]C1(C)CCCCC1. The lowest BCUT2D eigenvalue weighted by Crippen LogP contribution is -2.15. The van der Waals surface area contributed by atoms with E-state index in [1.807, 2.05) is 90.0 Å². The van der Waals surface area contributed by atoms with E-state index in [4.69, 9.17) is 17.8 Å². The van der Waals surface area contributed by atoms with Crippen LogP contribution < -0.4 is 0 Å². The summed E-state index contributed by atoms with van der Waals surface area (Å²) in [4.78, 5) is 0. The third-order valence-corrected chi connectivity index (χ3v) is 9.12. The van der Waals surface area contributed by atoms with Crippen molar-refractivity contribution in [3.8, 4) is 0 Å². The zero-order chi connectivity index (χ0) is 85.4. The Morgan fingerprint density at radius 3 is 0.667 bits per heavy atom. The molecule has 0 amide bonds. The molecule has 550 valence electrons. The molecule has 0 N–H and O–H groups in total. The molecule has 87 heavy (non-hydrogen) atoms. The van der Waals surface area contributed by atoms with E-state index in [0.29, 0.717) is 24.7 Å². The first-order valence-electron chi connectivity index (χ1n) is 39.3. The third kappa shape index (κ3) is 265. The van der Waals surface area contributed by atoms with Gasteiger partial charge in [-0.05, 0) is 57.6 Å². The van der Waals surface area contributed by atoms with Gasteiger partial charge in [0.15, 0.2) is 0 Å². The van der Waals surface area contributed by atoms with E-state index in [1.54, 1.807) is 69.2 Å². The first-order chi connectivity index (χ1) is 43.1. The van der Waals surface area contributed by atoms with Gasteiger partial charge in [0.25, 0.3) is 0 Å². The number of rotatable bonds is 7. The fourth-order valence-corrected chi connectivity index (χ4v) is 3.21. The van der Waals surface area contributed by atoms with Crippen molar-refractivity contribution >= 4 is 0 Å². The number of hydrogen-bond donors (Lipinski definition) is 0. The monoisotopic (exact) mass is 1310 g/mol. The second-order valence-corrected chi connectivity index (χ2v) is 27.4. The standard InChI is InChI=1S/C7H14.2C6H11F3.C6H12.C6H14.3C5H12.2C4H7F3.4C4H10.C3H8.C2H6/c1-7-5-3-2-4-6-7;2*1-3-5(2)4-6(7,8)9;1-6-4-2-3-5-6;1-5-6(2,3)4;2*1-5(2,3)4;1-4-5(2)3;2*1-3(2)4(5,6)7;2*1-4(2)3;2*1-3-4-2;1-3-2;1-2/h7H,2-6H2,1H3;2*5H,3-4H2,1-2H3;6H,2-5H2,1H3;5H2,1-4H3;2*1-4H3;5H,4H2,1-3H3;2*3H,1-2H3;2*4H,1-3H3;2*3-4H2,1-2H3;3H2,1-2H3;1-2H3/t;2*5-;;;;;;;;;;;;;/m.00............./s1/i7D;;;6D;5D2;1D3;;4D2;3D;;4D;;3D2;;;. The summed E-state index contributed by atoms with van der Waals surface area (Å²) >= 11 is 0. The topological polar surface area (TPSA) is 0 Å². The largest absolute Gasteiger partial charge is 0.391 e. The maximum absolute atomic E-state index is 11.5. The molecule has 2 rings (SSSR count). The van der Waals surface area contributed by atoms with E-state index in [2.05, 4.69) is 76.2 Å². The Hall–Kier alpha value is -0.840. The maximum atomic E-state index is 11.5. The molecule has 2 atom stereocenters. The Labute approximate surface area is 561 Å². The van der Waals surface area contributed by atoms with Gasteiger partial charge >= 0.3 is 24.7 Å². The second kappa shape index (κ2) is 77.6. The van der Waals surface area contributed by atoms with Gasteiger partial charge in [-0.3, -0.25) is 0 Å². The van der Waals surface area contributed by atoms with Crippen LogP contribution in [0, 0.1) is 69.4 Å². The van der Waals surface area contributed by atoms with Crippen LogP contribution in [0.25, 0.3) is 0 Å². The molecular formula is C75H166F12. The molecule has 0 saturated heterocycles. The lowest BCUT2D eigenvalue weighted by molar-refractivity contribution is -0.165. The van der Waals surface area contributed by atoms with Gasteiger partial charge in [-0.25, -0.2) is 0 Å².